The van der Waals surface area contributed by atoms with E-state index in [1.54, 1.807) is 6.92 Å². The van der Waals surface area contributed by atoms with Crippen LogP contribution < -0.4 is 0 Å². The maximum absolute atomic E-state index is 12.1. The van der Waals surface area contributed by atoms with Crippen molar-refractivity contribution in [3.8, 4) is 22.3 Å². The van der Waals surface area contributed by atoms with Crippen molar-refractivity contribution in [1.29, 1.82) is 0 Å². The lowest BCUT2D eigenvalue weighted by Gasteiger charge is -2.14. The number of rotatable bonds is 12. The summed E-state index contributed by atoms with van der Waals surface area (Å²) in [5.74, 6) is -0.379. The first-order valence-corrected chi connectivity index (χ1v) is 12.3. The molecule has 0 bridgehead atoms. The molecule has 0 aromatic heterocycles. The van der Waals surface area contributed by atoms with Gasteiger partial charge < -0.3 is 9.84 Å². The standard InChI is InChI=1S/C31H36O3/c1-4-5-6-8-24-12-16-27(17-13-24)30-19-18-28(21-29(30)22-34-31(33)23(2)3)26-14-10-25(11-15-26)9-7-20-32/h10-19,21,32H,2,4-9,20,22H2,1,3H3. The molecule has 0 saturated carbocycles. The lowest BCUT2D eigenvalue weighted by Crippen LogP contribution is -2.06. The smallest absolute Gasteiger partial charge is 0.333 e. The number of ether oxygens (including phenoxy) is 1. The van der Waals surface area contributed by atoms with Crippen molar-refractivity contribution in [3.63, 3.8) is 0 Å². The molecule has 0 aliphatic rings. The molecule has 34 heavy (non-hydrogen) atoms. The Morgan fingerprint density at radius 1 is 0.824 bits per heavy atom. The predicted molar refractivity (Wildman–Crippen MR) is 141 cm³/mol. The van der Waals surface area contributed by atoms with E-state index in [2.05, 4.69) is 80.2 Å². The Morgan fingerprint density at radius 2 is 1.41 bits per heavy atom. The highest BCUT2D eigenvalue weighted by Gasteiger charge is 2.11. The second-order valence-corrected chi connectivity index (χ2v) is 8.91. The SMILES string of the molecule is C=C(C)C(=O)OCc1cc(-c2ccc(CCCO)cc2)ccc1-c1ccc(CCCCC)cc1. The average molecular weight is 457 g/mol. The fourth-order valence-corrected chi connectivity index (χ4v) is 4.02. The Morgan fingerprint density at radius 3 is 2.00 bits per heavy atom. The monoisotopic (exact) mass is 456 g/mol. The fraction of sp³-hybridized carbons (Fsp3) is 0.323. The fourth-order valence-electron chi connectivity index (χ4n) is 4.02. The molecule has 0 aliphatic heterocycles. The van der Waals surface area contributed by atoms with Gasteiger partial charge in [-0.05, 0) is 77.6 Å². The van der Waals surface area contributed by atoms with Gasteiger partial charge in [-0.15, -0.1) is 0 Å². The molecular weight excluding hydrogens is 420 g/mol. The molecule has 0 fully saturated rings. The van der Waals surface area contributed by atoms with Gasteiger partial charge in [0.05, 0.1) is 0 Å². The molecule has 3 nitrogen and oxygen atoms in total. The van der Waals surface area contributed by atoms with E-state index in [0.29, 0.717) is 5.57 Å². The van der Waals surface area contributed by atoms with Crippen LogP contribution in [0.3, 0.4) is 0 Å². The molecule has 0 unspecified atom stereocenters. The van der Waals surface area contributed by atoms with Gasteiger partial charge in [-0.3, -0.25) is 0 Å². The van der Waals surface area contributed by atoms with Crippen molar-refractivity contribution in [1.82, 2.24) is 0 Å². The topological polar surface area (TPSA) is 46.5 Å². The molecule has 3 rings (SSSR count). The lowest BCUT2D eigenvalue weighted by molar-refractivity contribution is -0.140. The molecular formula is C31H36O3. The zero-order valence-electron chi connectivity index (χ0n) is 20.5. The molecule has 0 saturated heterocycles. The second kappa shape index (κ2) is 12.9. The number of aryl methyl sites for hydroxylation is 2. The van der Waals surface area contributed by atoms with Gasteiger partial charge in [0, 0.05) is 12.2 Å². The van der Waals surface area contributed by atoms with Gasteiger partial charge in [0.15, 0.2) is 0 Å². The Balaban J connectivity index is 1.87. The third-order valence-electron chi connectivity index (χ3n) is 6.06. The normalized spacial score (nSPS) is 10.8. The van der Waals surface area contributed by atoms with Crippen molar-refractivity contribution < 1.29 is 14.6 Å². The summed E-state index contributed by atoms with van der Waals surface area (Å²) >= 11 is 0. The molecule has 0 spiro atoms. The van der Waals surface area contributed by atoms with Gasteiger partial charge in [0.2, 0.25) is 0 Å². The van der Waals surface area contributed by atoms with Crippen LogP contribution in [0.5, 0.6) is 0 Å². The largest absolute Gasteiger partial charge is 0.457 e. The number of hydrogen-bond donors (Lipinski definition) is 1. The molecule has 0 amide bonds. The molecule has 3 aromatic rings. The summed E-state index contributed by atoms with van der Waals surface area (Å²) in [5, 5.41) is 9.06. The second-order valence-electron chi connectivity index (χ2n) is 8.91. The number of esters is 1. The Hall–Kier alpha value is -3.17. The first-order chi connectivity index (χ1) is 16.5. The molecule has 1 N–H and O–H groups in total. The molecule has 3 aromatic carbocycles. The van der Waals surface area contributed by atoms with Crippen molar-refractivity contribution in [3.05, 3.63) is 95.6 Å². The van der Waals surface area contributed by atoms with E-state index in [4.69, 9.17) is 9.84 Å². The maximum atomic E-state index is 12.1. The third-order valence-corrected chi connectivity index (χ3v) is 6.06. The van der Waals surface area contributed by atoms with Gasteiger partial charge in [0.1, 0.15) is 6.61 Å². The zero-order valence-corrected chi connectivity index (χ0v) is 20.5. The van der Waals surface area contributed by atoms with E-state index in [-0.39, 0.29) is 19.2 Å². The number of benzene rings is 3. The minimum atomic E-state index is -0.379. The third kappa shape index (κ3) is 7.16. The van der Waals surface area contributed by atoms with Gasteiger partial charge in [-0.2, -0.15) is 0 Å². The molecule has 0 aliphatic carbocycles. The predicted octanol–water partition coefficient (Wildman–Crippen LogP) is 7.30. The van der Waals surface area contributed by atoms with Gasteiger partial charge in [0.25, 0.3) is 0 Å². The van der Waals surface area contributed by atoms with E-state index < -0.39 is 0 Å². The highest BCUT2D eigenvalue weighted by Crippen LogP contribution is 2.30. The number of hydrogen-bond acceptors (Lipinski definition) is 3. The number of aliphatic hydroxyl groups excluding tert-OH is 1. The van der Waals surface area contributed by atoms with Crippen molar-refractivity contribution in [2.45, 2.75) is 59.0 Å². The van der Waals surface area contributed by atoms with Crippen molar-refractivity contribution in [2.24, 2.45) is 0 Å². The maximum Gasteiger partial charge on any atom is 0.333 e. The Kier molecular flexibility index (Phi) is 9.66. The van der Waals surface area contributed by atoms with Crippen LogP contribution in [0.25, 0.3) is 22.3 Å². The van der Waals surface area contributed by atoms with Crippen LogP contribution in [0.2, 0.25) is 0 Å². The number of unbranched alkanes of at least 4 members (excludes halogenated alkanes) is 2. The Labute approximate surface area is 204 Å². The highest BCUT2D eigenvalue weighted by atomic mass is 16.5. The minimum absolute atomic E-state index is 0.196. The number of carbonyl (C=O) groups excluding carboxylic acids is 1. The molecule has 178 valence electrons. The van der Waals surface area contributed by atoms with Crippen molar-refractivity contribution in [2.75, 3.05) is 6.61 Å². The van der Waals surface area contributed by atoms with Crippen LogP contribution >= 0.6 is 0 Å². The summed E-state index contributed by atoms with van der Waals surface area (Å²) in [6.07, 6.45) is 6.43. The lowest BCUT2D eigenvalue weighted by atomic mass is 9.93. The first kappa shape index (κ1) is 25.5. The van der Waals surface area contributed by atoms with E-state index in [1.807, 2.05) is 0 Å². The van der Waals surface area contributed by atoms with Gasteiger partial charge in [-0.1, -0.05) is 87.0 Å². The summed E-state index contributed by atoms with van der Waals surface area (Å²) in [6, 6.07) is 23.5. The van der Waals surface area contributed by atoms with Gasteiger partial charge >= 0.3 is 5.97 Å². The van der Waals surface area contributed by atoms with E-state index in [9.17, 15) is 4.79 Å². The number of carbonyl (C=O) groups is 1. The molecule has 0 heterocycles. The summed E-state index contributed by atoms with van der Waals surface area (Å²) in [5.41, 5.74) is 8.30. The van der Waals surface area contributed by atoms with Crippen LogP contribution in [0, 0.1) is 0 Å². The van der Waals surface area contributed by atoms with Crippen LogP contribution in [0.4, 0.5) is 0 Å². The Bertz CT molecular complexity index is 1080. The molecule has 0 atom stereocenters. The summed E-state index contributed by atoms with van der Waals surface area (Å²) in [7, 11) is 0. The quantitative estimate of drug-likeness (QED) is 0.177. The van der Waals surface area contributed by atoms with Crippen LogP contribution in [0.1, 0.15) is 56.2 Å². The van der Waals surface area contributed by atoms with E-state index in [0.717, 1.165) is 47.1 Å². The minimum Gasteiger partial charge on any atom is -0.457 e. The molecule has 3 heteroatoms. The summed E-state index contributed by atoms with van der Waals surface area (Å²) in [6.45, 7) is 7.98. The summed E-state index contributed by atoms with van der Waals surface area (Å²) in [4.78, 5) is 12.1. The molecule has 0 radical (unpaired) electrons. The van der Waals surface area contributed by atoms with E-state index >= 15 is 0 Å². The van der Waals surface area contributed by atoms with E-state index in [1.165, 1.54) is 30.4 Å². The average Bonchev–Trinajstić information content (AvgIpc) is 2.86. The zero-order chi connectivity index (χ0) is 24.3. The highest BCUT2D eigenvalue weighted by molar-refractivity contribution is 5.87. The van der Waals surface area contributed by atoms with Crippen LogP contribution in [0.15, 0.2) is 78.9 Å². The number of aliphatic hydroxyl groups is 1. The van der Waals surface area contributed by atoms with Crippen LogP contribution in [-0.4, -0.2) is 17.7 Å². The van der Waals surface area contributed by atoms with Gasteiger partial charge in [-0.25, -0.2) is 4.79 Å². The van der Waals surface area contributed by atoms with Crippen molar-refractivity contribution >= 4 is 5.97 Å². The first-order valence-electron chi connectivity index (χ1n) is 12.3. The summed E-state index contributed by atoms with van der Waals surface area (Å²) < 4.78 is 5.53. The van der Waals surface area contributed by atoms with Crippen LogP contribution in [-0.2, 0) is 29.0 Å².